The number of hydrogen-bond acceptors (Lipinski definition) is 4. The van der Waals surface area contributed by atoms with Crippen LogP contribution in [0.25, 0.3) is 16.7 Å². The second kappa shape index (κ2) is 8.93. The van der Waals surface area contributed by atoms with Crippen LogP contribution >= 0.6 is 0 Å². The monoisotopic (exact) mass is 386 g/mol. The molecule has 0 amide bonds. The molecule has 0 saturated heterocycles. The molecule has 0 aliphatic carbocycles. The number of para-hydroxylation sites is 2. The molecule has 6 heteroatoms. The van der Waals surface area contributed by atoms with E-state index in [0.717, 1.165) is 39.8 Å². The highest BCUT2D eigenvalue weighted by Gasteiger charge is 2.07. The molecule has 6 nitrogen and oxygen atoms in total. The summed E-state index contributed by atoms with van der Waals surface area (Å²) in [7, 11) is 0. The Morgan fingerprint density at radius 3 is 2.59 bits per heavy atom. The van der Waals surface area contributed by atoms with Gasteiger partial charge in [-0.2, -0.15) is 0 Å². The van der Waals surface area contributed by atoms with E-state index in [1.54, 1.807) is 12.5 Å². The van der Waals surface area contributed by atoms with Crippen molar-refractivity contribution in [3.05, 3.63) is 90.7 Å². The molecule has 29 heavy (non-hydrogen) atoms. The van der Waals surface area contributed by atoms with Gasteiger partial charge >= 0.3 is 0 Å². The van der Waals surface area contributed by atoms with Crippen LogP contribution < -0.4 is 10.6 Å². The topological polar surface area (TPSA) is 81.4 Å². The lowest BCUT2D eigenvalue weighted by Crippen LogP contribution is -2.01. The van der Waals surface area contributed by atoms with E-state index in [2.05, 4.69) is 75.8 Å². The van der Waals surface area contributed by atoms with E-state index in [1.165, 1.54) is 11.1 Å². The van der Waals surface area contributed by atoms with Crippen molar-refractivity contribution >= 4 is 28.4 Å². The number of aromatic nitrogens is 4. The molecule has 0 fully saturated rings. The lowest BCUT2D eigenvalue weighted by Gasteiger charge is -2.12. The van der Waals surface area contributed by atoms with Crippen molar-refractivity contribution in [1.82, 2.24) is 19.9 Å². The third kappa shape index (κ3) is 4.93. The second-order valence-corrected chi connectivity index (χ2v) is 6.75. The molecule has 2 aromatic heterocycles. The number of imidazole rings is 2. The summed E-state index contributed by atoms with van der Waals surface area (Å²) in [6.45, 7) is 13.7. The first kappa shape index (κ1) is 19.9. The van der Waals surface area contributed by atoms with E-state index in [4.69, 9.17) is 0 Å². The van der Waals surface area contributed by atoms with Gasteiger partial charge in [-0.15, -0.1) is 0 Å². The number of fused-ring (bicyclic) bond motifs is 1. The van der Waals surface area contributed by atoms with Gasteiger partial charge in [0, 0.05) is 11.4 Å². The van der Waals surface area contributed by atoms with Crippen LogP contribution in [-0.4, -0.2) is 19.9 Å². The second-order valence-electron chi connectivity index (χ2n) is 6.75. The Morgan fingerprint density at radius 1 is 1.10 bits per heavy atom. The number of aromatic amines is 2. The van der Waals surface area contributed by atoms with Crippen molar-refractivity contribution in [2.75, 3.05) is 10.6 Å². The molecule has 0 aliphatic rings. The maximum Gasteiger partial charge on any atom is 0.205 e. The standard InChI is InChI=1S/C14H17N3.C9H9N3/c1-9-5-6-10(2)13(7-9)17-12(4)14-11(3)15-8-16-14;1-2-10-9-11-7-5-3-4-6-8(7)12-9/h5-8,17H,4H2,1-3H3,(H,15,16);2-6H,1H2,(H2,10,11,12). The van der Waals surface area contributed by atoms with Gasteiger partial charge in [0.2, 0.25) is 5.95 Å². The lowest BCUT2D eigenvalue weighted by atomic mass is 10.1. The molecule has 4 N–H and O–H groups in total. The number of rotatable bonds is 5. The Labute approximate surface area is 170 Å². The van der Waals surface area contributed by atoms with E-state index in [9.17, 15) is 0 Å². The maximum atomic E-state index is 4.26. The summed E-state index contributed by atoms with van der Waals surface area (Å²) in [6, 6.07) is 14.2. The molecule has 0 radical (unpaired) electrons. The number of aryl methyl sites for hydroxylation is 3. The van der Waals surface area contributed by atoms with Crippen LogP contribution in [0.4, 0.5) is 11.6 Å². The number of hydrogen-bond donors (Lipinski definition) is 4. The van der Waals surface area contributed by atoms with Crippen molar-refractivity contribution in [3.8, 4) is 0 Å². The van der Waals surface area contributed by atoms with Crippen LogP contribution in [0.15, 0.2) is 68.1 Å². The molecule has 2 aromatic carbocycles. The zero-order chi connectivity index (χ0) is 20.8. The maximum absolute atomic E-state index is 4.26. The van der Waals surface area contributed by atoms with Crippen molar-refractivity contribution in [2.24, 2.45) is 0 Å². The van der Waals surface area contributed by atoms with Crippen LogP contribution in [0.3, 0.4) is 0 Å². The molecule has 0 saturated carbocycles. The molecular weight excluding hydrogens is 360 g/mol. The predicted octanol–water partition coefficient (Wildman–Crippen LogP) is 5.54. The molecule has 0 bridgehead atoms. The van der Waals surface area contributed by atoms with Gasteiger partial charge in [-0.3, -0.25) is 0 Å². The Morgan fingerprint density at radius 2 is 1.90 bits per heavy atom. The van der Waals surface area contributed by atoms with Crippen molar-refractivity contribution < 1.29 is 0 Å². The van der Waals surface area contributed by atoms with Gasteiger partial charge < -0.3 is 20.6 Å². The van der Waals surface area contributed by atoms with E-state index in [0.29, 0.717) is 0 Å². The Bertz CT molecular complexity index is 1100. The van der Waals surface area contributed by atoms with Crippen LogP contribution in [-0.2, 0) is 0 Å². The van der Waals surface area contributed by atoms with Crippen molar-refractivity contribution in [3.63, 3.8) is 0 Å². The molecule has 4 aromatic rings. The molecule has 148 valence electrons. The molecular formula is C23H26N6. The summed E-state index contributed by atoms with van der Waals surface area (Å²) >= 11 is 0. The smallest absolute Gasteiger partial charge is 0.205 e. The molecule has 2 heterocycles. The fraction of sp³-hybridized carbons (Fsp3) is 0.130. The summed E-state index contributed by atoms with van der Waals surface area (Å²) in [5.41, 5.74) is 8.21. The lowest BCUT2D eigenvalue weighted by molar-refractivity contribution is 1.25. The minimum Gasteiger partial charge on any atom is -0.354 e. The van der Waals surface area contributed by atoms with E-state index >= 15 is 0 Å². The minimum atomic E-state index is 0.728. The zero-order valence-electron chi connectivity index (χ0n) is 17.0. The van der Waals surface area contributed by atoms with Gasteiger partial charge in [0.1, 0.15) is 5.69 Å². The average Bonchev–Trinajstić information content (AvgIpc) is 3.31. The van der Waals surface area contributed by atoms with Crippen LogP contribution in [0, 0.1) is 20.8 Å². The first-order valence-electron chi connectivity index (χ1n) is 9.33. The fourth-order valence-corrected chi connectivity index (χ4v) is 2.87. The van der Waals surface area contributed by atoms with Crippen LogP contribution in [0.5, 0.6) is 0 Å². The molecule has 0 atom stereocenters. The van der Waals surface area contributed by atoms with E-state index in [1.807, 2.05) is 31.2 Å². The molecule has 4 rings (SSSR count). The van der Waals surface area contributed by atoms with Crippen molar-refractivity contribution in [2.45, 2.75) is 20.8 Å². The third-order valence-electron chi connectivity index (χ3n) is 4.42. The normalized spacial score (nSPS) is 10.2. The Balaban J connectivity index is 0.000000176. The highest BCUT2D eigenvalue weighted by molar-refractivity contribution is 5.77. The number of nitrogens with zero attached hydrogens (tertiary/aromatic N) is 2. The van der Waals surface area contributed by atoms with Gasteiger partial charge in [-0.25, -0.2) is 9.97 Å². The SMILES string of the molecule is C=C(Nc1cc(C)ccc1C)c1nc[nH]c1C.C=CNc1nc2ccccc2[nH]1. The zero-order valence-corrected chi connectivity index (χ0v) is 17.0. The van der Waals surface area contributed by atoms with E-state index in [-0.39, 0.29) is 0 Å². The van der Waals surface area contributed by atoms with Gasteiger partial charge in [0.25, 0.3) is 0 Å². The van der Waals surface area contributed by atoms with Gasteiger partial charge in [0.15, 0.2) is 0 Å². The number of nitrogens with one attached hydrogen (secondary N) is 4. The number of anilines is 2. The summed E-state index contributed by atoms with van der Waals surface area (Å²) in [4.78, 5) is 14.7. The third-order valence-corrected chi connectivity index (χ3v) is 4.42. The first-order valence-corrected chi connectivity index (χ1v) is 9.33. The minimum absolute atomic E-state index is 0.728. The summed E-state index contributed by atoms with van der Waals surface area (Å²) in [5, 5.41) is 6.21. The van der Waals surface area contributed by atoms with Gasteiger partial charge in [-0.1, -0.05) is 37.4 Å². The first-order chi connectivity index (χ1) is 14.0. The van der Waals surface area contributed by atoms with Crippen LogP contribution in [0.1, 0.15) is 22.5 Å². The average molecular weight is 387 g/mol. The predicted molar refractivity (Wildman–Crippen MR) is 122 cm³/mol. The molecule has 0 aliphatic heterocycles. The van der Waals surface area contributed by atoms with Crippen LogP contribution in [0.2, 0.25) is 0 Å². The van der Waals surface area contributed by atoms with Gasteiger partial charge in [0.05, 0.1) is 23.1 Å². The molecule has 0 spiro atoms. The van der Waals surface area contributed by atoms with E-state index < -0.39 is 0 Å². The van der Waals surface area contributed by atoms with Gasteiger partial charge in [-0.05, 0) is 56.3 Å². The summed E-state index contributed by atoms with van der Waals surface area (Å²) in [5.74, 6) is 0.728. The molecule has 0 unspecified atom stereocenters. The Kier molecular flexibility index (Phi) is 6.14. The highest BCUT2D eigenvalue weighted by atomic mass is 15.1. The highest BCUT2D eigenvalue weighted by Crippen LogP contribution is 2.22. The number of benzene rings is 2. The Hall–Kier alpha value is -3.80. The fourth-order valence-electron chi connectivity index (χ4n) is 2.87. The summed E-state index contributed by atoms with van der Waals surface area (Å²) < 4.78 is 0. The largest absolute Gasteiger partial charge is 0.354 e. The quantitative estimate of drug-likeness (QED) is 0.363. The van der Waals surface area contributed by atoms with Crippen molar-refractivity contribution in [1.29, 1.82) is 0 Å². The number of H-pyrrole nitrogens is 2. The summed E-state index contributed by atoms with van der Waals surface area (Å²) in [6.07, 6.45) is 3.28.